The van der Waals surface area contributed by atoms with Gasteiger partial charge in [-0.25, -0.2) is 13.1 Å². The normalized spacial score (nSPS) is 13.1. The summed E-state index contributed by atoms with van der Waals surface area (Å²) in [7, 11) is -3.66. The van der Waals surface area contributed by atoms with Crippen molar-refractivity contribution in [1.82, 2.24) is 14.9 Å². The van der Waals surface area contributed by atoms with Gasteiger partial charge in [0, 0.05) is 18.7 Å². The Bertz CT molecular complexity index is 1330. The van der Waals surface area contributed by atoms with E-state index < -0.39 is 15.9 Å². The molecular formula is C25H23N3O5S. The Balaban J connectivity index is 1.33. The third kappa shape index (κ3) is 4.90. The molecule has 0 atom stereocenters. The van der Waals surface area contributed by atoms with E-state index in [2.05, 4.69) is 10.0 Å². The molecular weight excluding hydrogens is 454 g/mol. The Labute approximate surface area is 197 Å². The minimum Gasteiger partial charge on any atom is -0.351 e. The van der Waals surface area contributed by atoms with Crippen LogP contribution in [0.2, 0.25) is 0 Å². The van der Waals surface area contributed by atoms with Crippen molar-refractivity contribution in [3.8, 4) is 0 Å². The number of rotatable bonds is 8. The van der Waals surface area contributed by atoms with E-state index >= 15 is 0 Å². The fourth-order valence-corrected chi connectivity index (χ4v) is 4.67. The zero-order valence-corrected chi connectivity index (χ0v) is 19.3. The maximum atomic E-state index is 12.6. The lowest BCUT2D eigenvalue weighted by Gasteiger charge is -2.14. The number of aryl methyl sites for hydroxylation is 1. The van der Waals surface area contributed by atoms with Gasteiger partial charge in [0.05, 0.1) is 22.6 Å². The maximum absolute atomic E-state index is 12.6. The van der Waals surface area contributed by atoms with Crippen LogP contribution in [0.15, 0.2) is 77.7 Å². The Hall–Kier alpha value is -3.82. The number of carbonyl (C=O) groups excluding carboxylic acids is 3. The van der Waals surface area contributed by atoms with Crippen molar-refractivity contribution in [2.75, 3.05) is 13.1 Å². The van der Waals surface area contributed by atoms with Gasteiger partial charge in [-0.15, -0.1) is 0 Å². The van der Waals surface area contributed by atoms with Gasteiger partial charge in [-0.1, -0.05) is 42.0 Å². The van der Waals surface area contributed by atoms with E-state index in [0.29, 0.717) is 22.3 Å². The van der Waals surface area contributed by atoms with E-state index in [4.69, 9.17) is 0 Å². The molecule has 3 aromatic carbocycles. The number of nitrogens with one attached hydrogen (secondary N) is 2. The molecule has 0 unspecified atom stereocenters. The van der Waals surface area contributed by atoms with Crippen LogP contribution in [0.25, 0.3) is 0 Å². The highest BCUT2D eigenvalue weighted by Crippen LogP contribution is 2.24. The predicted octanol–water partition coefficient (Wildman–Crippen LogP) is 2.50. The molecule has 0 saturated heterocycles. The first-order valence-corrected chi connectivity index (χ1v) is 12.1. The molecule has 174 valence electrons. The first kappa shape index (κ1) is 23.3. The van der Waals surface area contributed by atoms with E-state index in [-0.39, 0.29) is 36.3 Å². The monoisotopic (exact) mass is 477 g/mol. The van der Waals surface area contributed by atoms with Crippen LogP contribution in [-0.4, -0.2) is 44.1 Å². The summed E-state index contributed by atoms with van der Waals surface area (Å²) in [5.74, 6) is -1.12. The van der Waals surface area contributed by atoms with Crippen LogP contribution in [0.3, 0.4) is 0 Å². The molecule has 0 spiro atoms. The van der Waals surface area contributed by atoms with Gasteiger partial charge < -0.3 is 5.32 Å². The van der Waals surface area contributed by atoms with Gasteiger partial charge >= 0.3 is 0 Å². The summed E-state index contributed by atoms with van der Waals surface area (Å²) in [4.78, 5) is 39.0. The third-order valence-electron chi connectivity index (χ3n) is 5.44. The van der Waals surface area contributed by atoms with E-state index in [1.165, 1.54) is 12.1 Å². The van der Waals surface area contributed by atoms with Gasteiger partial charge in [0.25, 0.3) is 17.7 Å². The summed E-state index contributed by atoms with van der Waals surface area (Å²) in [6.07, 6.45) is 0. The molecule has 8 nitrogen and oxygen atoms in total. The first-order valence-electron chi connectivity index (χ1n) is 10.6. The number of sulfonamides is 1. The molecule has 0 radical (unpaired) electrons. The second kappa shape index (κ2) is 9.58. The summed E-state index contributed by atoms with van der Waals surface area (Å²) < 4.78 is 27.1. The third-order valence-corrected chi connectivity index (χ3v) is 6.92. The second-order valence-electron chi connectivity index (χ2n) is 7.91. The number of nitrogens with zero attached hydrogens (tertiary/aromatic N) is 1. The van der Waals surface area contributed by atoms with Crippen molar-refractivity contribution in [3.63, 3.8) is 0 Å². The minimum absolute atomic E-state index is 0.0245. The molecule has 2 N–H and O–H groups in total. The number of imide groups is 1. The maximum Gasteiger partial charge on any atom is 0.261 e. The summed E-state index contributed by atoms with van der Waals surface area (Å²) >= 11 is 0. The molecule has 1 heterocycles. The highest BCUT2D eigenvalue weighted by atomic mass is 32.2. The largest absolute Gasteiger partial charge is 0.351 e. The van der Waals surface area contributed by atoms with Gasteiger partial charge in [-0.3, -0.25) is 19.3 Å². The molecule has 0 saturated carbocycles. The molecule has 9 heteroatoms. The van der Waals surface area contributed by atoms with Gasteiger partial charge in [-0.05, 0) is 48.9 Å². The average molecular weight is 478 g/mol. The molecule has 0 aliphatic carbocycles. The molecule has 0 bridgehead atoms. The Morgan fingerprint density at radius 3 is 2.15 bits per heavy atom. The van der Waals surface area contributed by atoms with Crippen LogP contribution < -0.4 is 10.0 Å². The van der Waals surface area contributed by atoms with Crippen LogP contribution in [0.4, 0.5) is 0 Å². The lowest BCUT2D eigenvalue weighted by atomic mass is 10.1. The lowest BCUT2D eigenvalue weighted by Crippen LogP contribution is -2.34. The molecule has 34 heavy (non-hydrogen) atoms. The van der Waals surface area contributed by atoms with E-state index in [1.54, 1.807) is 60.7 Å². The van der Waals surface area contributed by atoms with E-state index in [9.17, 15) is 22.8 Å². The fraction of sp³-hybridized carbons (Fsp3) is 0.160. The average Bonchev–Trinajstić information content (AvgIpc) is 3.07. The quantitative estimate of drug-likeness (QED) is 0.382. The lowest BCUT2D eigenvalue weighted by molar-refractivity contribution is 0.0642. The Morgan fingerprint density at radius 1 is 0.853 bits per heavy atom. The summed E-state index contributed by atoms with van der Waals surface area (Å²) in [6.45, 7) is 2.03. The van der Waals surface area contributed by atoms with Crippen molar-refractivity contribution >= 4 is 27.7 Å². The summed E-state index contributed by atoms with van der Waals surface area (Å²) in [6, 6.07) is 19.7. The number of carbonyl (C=O) groups is 3. The molecule has 3 amide bonds. The van der Waals surface area contributed by atoms with E-state index in [1.807, 2.05) is 6.92 Å². The van der Waals surface area contributed by atoms with Crippen molar-refractivity contribution in [2.45, 2.75) is 18.4 Å². The molecule has 4 rings (SSSR count). The van der Waals surface area contributed by atoms with Crippen LogP contribution in [0, 0.1) is 6.92 Å². The van der Waals surface area contributed by atoms with Crippen molar-refractivity contribution in [2.24, 2.45) is 0 Å². The zero-order valence-electron chi connectivity index (χ0n) is 18.4. The number of hydrogen-bond donors (Lipinski definition) is 2. The van der Waals surface area contributed by atoms with Crippen LogP contribution in [0.1, 0.15) is 42.2 Å². The minimum atomic E-state index is -3.66. The molecule has 1 aliphatic heterocycles. The van der Waals surface area contributed by atoms with Crippen LogP contribution >= 0.6 is 0 Å². The summed E-state index contributed by atoms with van der Waals surface area (Å²) in [5, 5.41) is 2.67. The standard InChI is InChI=1S/C25H23N3O5S/c1-17-9-11-20(12-10-17)34(32,33)27-14-13-26-23(29)19-6-4-5-18(15-19)16-28-24(30)21-7-2-3-8-22(21)25(28)31/h2-12,15,27H,13-14,16H2,1H3,(H,26,29). The number of benzene rings is 3. The van der Waals surface area contributed by atoms with E-state index in [0.717, 1.165) is 10.5 Å². The molecule has 1 aliphatic rings. The zero-order chi connectivity index (χ0) is 24.3. The summed E-state index contributed by atoms with van der Waals surface area (Å²) in [5.41, 5.74) is 2.66. The number of fused-ring (bicyclic) bond motifs is 1. The fourth-order valence-electron chi connectivity index (χ4n) is 3.64. The topological polar surface area (TPSA) is 113 Å². The van der Waals surface area contributed by atoms with Gasteiger partial charge in [0.1, 0.15) is 0 Å². The Kier molecular flexibility index (Phi) is 6.58. The first-order chi connectivity index (χ1) is 16.3. The van der Waals surface area contributed by atoms with Gasteiger partial charge in [0.2, 0.25) is 10.0 Å². The van der Waals surface area contributed by atoms with Crippen molar-refractivity contribution in [3.05, 3.63) is 101 Å². The molecule has 0 aromatic heterocycles. The molecule has 0 fully saturated rings. The molecule has 3 aromatic rings. The van der Waals surface area contributed by atoms with Crippen molar-refractivity contribution < 1.29 is 22.8 Å². The SMILES string of the molecule is Cc1ccc(S(=O)(=O)NCCNC(=O)c2cccc(CN3C(=O)c4ccccc4C3=O)c2)cc1. The van der Waals surface area contributed by atoms with Crippen molar-refractivity contribution in [1.29, 1.82) is 0 Å². The second-order valence-corrected chi connectivity index (χ2v) is 9.68. The van der Waals surface area contributed by atoms with Crippen LogP contribution in [0.5, 0.6) is 0 Å². The number of hydrogen-bond acceptors (Lipinski definition) is 5. The highest BCUT2D eigenvalue weighted by Gasteiger charge is 2.35. The van der Waals surface area contributed by atoms with Crippen LogP contribution in [-0.2, 0) is 16.6 Å². The highest BCUT2D eigenvalue weighted by molar-refractivity contribution is 7.89. The smallest absolute Gasteiger partial charge is 0.261 e. The number of amides is 3. The van der Waals surface area contributed by atoms with Gasteiger partial charge in [-0.2, -0.15) is 0 Å². The Morgan fingerprint density at radius 2 is 1.50 bits per heavy atom. The predicted molar refractivity (Wildman–Crippen MR) is 126 cm³/mol. The van der Waals surface area contributed by atoms with Gasteiger partial charge in [0.15, 0.2) is 0 Å².